The molecule has 0 spiro atoms. The summed E-state index contributed by atoms with van der Waals surface area (Å²) in [5.41, 5.74) is -0.326. The number of hydrogen-bond donors (Lipinski definition) is 1. The highest BCUT2D eigenvalue weighted by molar-refractivity contribution is 7.22. The van der Waals surface area contributed by atoms with Gasteiger partial charge in [0.1, 0.15) is 11.6 Å². The molecule has 0 fully saturated rings. The number of pyridine rings is 1. The summed E-state index contributed by atoms with van der Waals surface area (Å²) in [6.07, 6.45) is -4.11. The molecular formula is C16H11ClF3N3O2S. The van der Waals surface area contributed by atoms with Crippen molar-refractivity contribution in [3.05, 3.63) is 57.0 Å². The SMILES string of the molecule is Cc1cccc2sc(NC(=O)Cn3cc(C(F)(F)F)cc(Cl)c3=O)nc12. The van der Waals surface area contributed by atoms with Crippen LogP contribution in [0.5, 0.6) is 0 Å². The fourth-order valence-electron chi connectivity index (χ4n) is 2.32. The number of halogens is 4. The van der Waals surface area contributed by atoms with E-state index in [-0.39, 0.29) is 0 Å². The molecule has 0 aliphatic heterocycles. The molecule has 3 rings (SSSR count). The molecule has 1 N–H and O–H groups in total. The van der Waals surface area contributed by atoms with Crippen molar-refractivity contribution >= 4 is 44.2 Å². The van der Waals surface area contributed by atoms with E-state index < -0.39 is 34.8 Å². The quantitative estimate of drug-likeness (QED) is 0.719. The Kier molecular flexibility index (Phi) is 4.76. The van der Waals surface area contributed by atoms with Crippen LogP contribution >= 0.6 is 22.9 Å². The Morgan fingerprint density at radius 2 is 2.12 bits per heavy atom. The van der Waals surface area contributed by atoms with E-state index >= 15 is 0 Å². The van der Waals surface area contributed by atoms with Crippen molar-refractivity contribution in [2.75, 3.05) is 5.32 Å². The Balaban J connectivity index is 1.84. The van der Waals surface area contributed by atoms with Crippen LogP contribution in [0, 0.1) is 6.92 Å². The van der Waals surface area contributed by atoms with Crippen LogP contribution in [0.1, 0.15) is 11.1 Å². The molecule has 0 saturated carbocycles. The number of anilines is 1. The maximum absolute atomic E-state index is 12.8. The minimum atomic E-state index is -4.68. The van der Waals surface area contributed by atoms with Crippen molar-refractivity contribution in [3.63, 3.8) is 0 Å². The lowest BCUT2D eigenvalue weighted by atomic mass is 10.2. The van der Waals surface area contributed by atoms with Crippen LogP contribution in [0.4, 0.5) is 18.3 Å². The smallest absolute Gasteiger partial charge is 0.304 e. The van der Waals surface area contributed by atoms with Crippen molar-refractivity contribution in [1.29, 1.82) is 0 Å². The molecule has 0 unspecified atom stereocenters. The van der Waals surface area contributed by atoms with Crippen LogP contribution in [-0.2, 0) is 17.5 Å². The van der Waals surface area contributed by atoms with E-state index in [9.17, 15) is 22.8 Å². The van der Waals surface area contributed by atoms with Gasteiger partial charge in [-0.3, -0.25) is 9.59 Å². The van der Waals surface area contributed by atoms with Crippen molar-refractivity contribution in [3.8, 4) is 0 Å². The second-order valence-electron chi connectivity index (χ2n) is 5.50. The zero-order chi connectivity index (χ0) is 19.1. The van der Waals surface area contributed by atoms with E-state index in [0.29, 0.717) is 22.0 Å². The van der Waals surface area contributed by atoms with Gasteiger partial charge in [-0.05, 0) is 24.6 Å². The van der Waals surface area contributed by atoms with Gasteiger partial charge in [-0.25, -0.2) is 4.98 Å². The third kappa shape index (κ3) is 3.73. The van der Waals surface area contributed by atoms with Gasteiger partial charge in [-0.15, -0.1) is 0 Å². The summed E-state index contributed by atoms with van der Waals surface area (Å²) in [5.74, 6) is -0.681. The summed E-state index contributed by atoms with van der Waals surface area (Å²) in [5, 5.41) is 2.18. The number of thiazole rings is 1. The fourth-order valence-corrected chi connectivity index (χ4v) is 3.51. The number of fused-ring (bicyclic) bond motifs is 1. The highest BCUT2D eigenvalue weighted by atomic mass is 35.5. The van der Waals surface area contributed by atoms with Crippen molar-refractivity contribution < 1.29 is 18.0 Å². The minimum Gasteiger partial charge on any atom is -0.304 e. The first-order chi connectivity index (χ1) is 12.1. The minimum absolute atomic E-state index is 0.297. The fraction of sp³-hybridized carbons (Fsp3) is 0.188. The average Bonchev–Trinajstić information content (AvgIpc) is 2.94. The topological polar surface area (TPSA) is 64.0 Å². The Morgan fingerprint density at radius 1 is 1.38 bits per heavy atom. The van der Waals surface area contributed by atoms with Gasteiger partial charge in [-0.2, -0.15) is 13.2 Å². The number of aryl methyl sites for hydroxylation is 1. The maximum Gasteiger partial charge on any atom is 0.417 e. The predicted octanol–water partition coefficient (Wildman–Crippen LogP) is 4.08. The zero-order valence-corrected chi connectivity index (χ0v) is 14.8. The normalized spacial score (nSPS) is 11.7. The molecular weight excluding hydrogens is 391 g/mol. The van der Waals surface area contributed by atoms with Gasteiger partial charge < -0.3 is 9.88 Å². The molecule has 3 aromatic rings. The number of amides is 1. The number of benzene rings is 1. The van der Waals surface area contributed by atoms with Gasteiger partial charge in [0.15, 0.2) is 5.13 Å². The average molecular weight is 402 g/mol. The molecule has 0 radical (unpaired) electrons. The lowest BCUT2D eigenvalue weighted by molar-refractivity contribution is -0.138. The molecule has 2 aromatic heterocycles. The van der Waals surface area contributed by atoms with Crippen LogP contribution in [0.3, 0.4) is 0 Å². The van der Waals surface area contributed by atoms with Crippen LogP contribution in [0.25, 0.3) is 10.2 Å². The standard InChI is InChI=1S/C16H11ClF3N3O2S/c1-8-3-2-4-11-13(8)22-15(26-11)21-12(24)7-23-6-9(16(18,19)20)5-10(17)14(23)25/h2-6H,7H2,1H3,(H,21,22,24). The Hall–Kier alpha value is -2.39. The van der Waals surface area contributed by atoms with E-state index in [1.807, 2.05) is 25.1 Å². The molecule has 2 heterocycles. The van der Waals surface area contributed by atoms with Crippen molar-refractivity contribution in [1.82, 2.24) is 9.55 Å². The van der Waals surface area contributed by atoms with Gasteiger partial charge in [0.05, 0.1) is 15.8 Å². The number of nitrogens with zero attached hydrogens (tertiary/aromatic N) is 2. The van der Waals surface area contributed by atoms with Gasteiger partial charge in [0, 0.05) is 6.20 Å². The maximum atomic E-state index is 12.8. The lowest BCUT2D eigenvalue weighted by Crippen LogP contribution is -2.29. The molecule has 0 bridgehead atoms. The molecule has 136 valence electrons. The number of carbonyl (C=O) groups excluding carboxylic acids is 1. The summed E-state index contributed by atoms with van der Waals surface area (Å²) < 4.78 is 40.0. The predicted molar refractivity (Wildman–Crippen MR) is 93.7 cm³/mol. The van der Waals surface area contributed by atoms with Gasteiger partial charge >= 0.3 is 6.18 Å². The molecule has 0 aliphatic carbocycles. The Labute approximate surface area is 154 Å². The first-order valence-electron chi connectivity index (χ1n) is 7.28. The third-order valence-electron chi connectivity index (χ3n) is 3.55. The molecule has 26 heavy (non-hydrogen) atoms. The number of rotatable bonds is 3. The molecule has 0 atom stereocenters. The van der Waals surface area contributed by atoms with Crippen molar-refractivity contribution in [2.24, 2.45) is 0 Å². The van der Waals surface area contributed by atoms with Gasteiger partial charge in [0.2, 0.25) is 5.91 Å². The zero-order valence-electron chi connectivity index (χ0n) is 13.2. The largest absolute Gasteiger partial charge is 0.417 e. The number of carbonyl (C=O) groups is 1. The summed E-state index contributed by atoms with van der Waals surface area (Å²) >= 11 is 6.79. The Morgan fingerprint density at radius 3 is 2.77 bits per heavy atom. The molecule has 0 aliphatic rings. The number of para-hydroxylation sites is 1. The molecule has 0 saturated heterocycles. The highest BCUT2D eigenvalue weighted by Gasteiger charge is 2.32. The lowest BCUT2D eigenvalue weighted by Gasteiger charge is -2.11. The number of hydrogen-bond acceptors (Lipinski definition) is 4. The van der Waals surface area contributed by atoms with E-state index in [2.05, 4.69) is 10.3 Å². The number of aromatic nitrogens is 2. The summed E-state index contributed by atoms with van der Waals surface area (Å²) in [4.78, 5) is 28.3. The van der Waals surface area contributed by atoms with Gasteiger partial charge in [0.25, 0.3) is 5.56 Å². The number of nitrogens with one attached hydrogen (secondary N) is 1. The Bertz CT molecular complexity index is 1060. The van der Waals surface area contributed by atoms with Crippen molar-refractivity contribution in [2.45, 2.75) is 19.6 Å². The third-order valence-corrected chi connectivity index (χ3v) is 4.76. The monoisotopic (exact) mass is 401 g/mol. The first kappa shape index (κ1) is 18.4. The van der Waals surface area contributed by atoms with E-state index in [0.717, 1.165) is 15.8 Å². The van der Waals surface area contributed by atoms with E-state index in [1.165, 1.54) is 11.3 Å². The summed E-state index contributed by atoms with van der Waals surface area (Å²) in [6.45, 7) is 1.26. The second kappa shape index (κ2) is 6.73. The summed E-state index contributed by atoms with van der Waals surface area (Å²) in [6, 6.07) is 6.10. The van der Waals surface area contributed by atoms with E-state index in [4.69, 9.17) is 11.6 Å². The van der Waals surface area contributed by atoms with Gasteiger partial charge in [-0.1, -0.05) is 35.1 Å². The number of alkyl halides is 3. The van der Waals surface area contributed by atoms with E-state index in [1.54, 1.807) is 0 Å². The molecule has 10 heteroatoms. The van der Waals surface area contributed by atoms with Crippen LogP contribution in [0.15, 0.2) is 35.3 Å². The molecule has 5 nitrogen and oxygen atoms in total. The highest BCUT2D eigenvalue weighted by Crippen LogP contribution is 2.30. The van der Waals surface area contributed by atoms with Crippen LogP contribution in [-0.4, -0.2) is 15.5 Å². The summed E-state index contributed by atoms with van der Waals surface area (Å²) in [7, 11) is 0. The second-order valence-corrected chi connectivity index (χ2v) is 6.93. The first-order valence-corrected chi connectivity index (χ1v) is 8.48. The van der Waals surface area contributed by atoms with Crippen LogP contribution < -0.4 is 10.9 Å². The molecule has 1 aromatic carbocycles. The van der Waals surface area contributed by atoms with Crippen LogP contribution in [0.2, 0.25) is 5.02 Å². The molecule has 1 amide bonds.